The predicted octanol–water partition coefficient (Wildman–Crippen LogP) is 3.47. The first kappa shape index (κ1) is 26.7. The van der Waals surface area contributed by atoms with E-state index < -0.39 is 15.7 Å². The quantitative estimate of drug-likeness (QED) is 0.222. The van der Waals surface area contributed by atoms with Crippen molar-refractivity contribution >= 4 is 48.8 Å². The number of hydrogen-bond donors (Lipinski definition) is 1. The minimum atomic E-state index is -3.35. The van der Waals surface area contributed by atoms with Crippen molar-refractivity contribution in [3.05, 3.63) is 53.9 Å². The summed E-state index contributed by atoms with van der Waals surface area (Å²) in [6.07, 6.45) is 3.41. The molecule has 1 atom stereocenters. The zero-order valence-corrected chi connectivity index (χ0v) is 22.6. The lowest BCUT2D eigenvalue weighted by molar-refractivity contribution is -0.110. The highest BCUT2D eigenvalue weighted by molar-refractivity contribution is 7.92. The van der Waals surface area contributed by atoms with Crippen LogP contribution in [0.1, 0.15) is 30.5 Å². The summed E-state index contributed by atoms with van der Waals surface area (Å²) in [5.74, 6) is 0.0927. The van der Waals surface area contributed by atoms with Crippen LogP contribution in [0.4, 0.5) is 10.1 Å². The number of sulfone groups is 1. The molecule has 1 aromatic heterocycles. The fourth-order valence-corrected chi connectivity index (χ4v) is 5.98. The molecule has 0 radical (unpaired) electrons. The molecule has 37 heavy (non-hydrogen) atoms. The lowest BCUT2D eigenvalue weighted by Crippen LogP contribution is -2.25. The summed E-state index contributed by atoms with van der Waals surface area (Å²) in [6.45, 7) is 6.34. The van der Waals surface area contributed by atoms with Crippen LogP contribution in [-0.2, 0) is 24.2 Å². The SMILES string of the molecule is C=C=C/C(=N\c1sc(NC(=O)/C(=N/O[C@@H]2CCOC2)c2ccc(S(=O)(=O)C3CC3)cc2)nc1C)N(C)C. The van der Waals surface area contributed by atoms with Crippen molar-refractivity contribution in [2.24, 2.45) is 10.1 Å². The Morgan fingerprint density at radius 2 is 2.03 bits per heavy atom. The minimum absolute atomic E-state index is 0.00347. The van der Waals surface area contributed by atoms with Gasteiger partial charge < -0.3 is 14.5 Å². The van der Waals surface area contributed by atoms with E-state index in [1.54, 1.807) is 25.1 Å². The zero-order chi connectivity index (χ0) is 26.6. The normalized spacial score (nSPS) is 18.3. The van der Waals surface area contributed by atoms with Crippen molar-refractivity contribution in [1.29, 1.82) is 0 Å². The maximum atomic E-state index is 13.3. The maximum Gasteiger partial charge on any atom is 0.280 e. The Balaban J connectivity index is 1.59. The van der Waals surface area contributed by atoms with Gasteiger partial charge in [0, 0.05) is 32.2 Å². The third-order valence-corrected chi connectivity index (χ3v) is 8.96. The average Bonchev–Trinajstić information content (AvgIpc) is 3.51. The van der Waals surface area contributed by atoms with Gasteiger partial charge in [-0.15, -0.1) is 5.73 Å². The zero-order valence-electron chi connectivity index (χ0n) is 20.9. The number of nitrogens with one attached hydrogen (secondary N) is 1. The first-order valence-electron chi connectivity index (χ1n) is 11.8. The monoisotopic (exact) mass is 543 g/mol. The molecule has 0 unspecified atom stereocenters. The van der Waals surface area contributed by atoms with Gasteiger partial charge >= 0.3 is 0 Å². The summed E-state index contributed by atoms with van der Waals surface area (Å²) in [5, 5.41) is 7.55. The summed E-state index contributed by atoms with van der Waals surface area (Å²) >= 11 is 1.21. The second-order valence-electron chi connectivity index (χ2n) is 8.88. The number of thiazole rings is 1. The van der Waals surface area contributed by atoms with Crippen molar-refractivity contribution in [2.45, 2.75) is 42.4 Å². The van der Waals surface area contributed by atoms with E-state index in [9.17, 15) is 13.2 Å². The summed E-state index contributed by atoms with van der Waals surface area (Å²) in [4.78, 5) is 29.9. The Morgan fingerprint density at radius 3 is 2.62 bits per heavy atom. The van der Waals surface area contributed by atoms with E-state index in [-0.39, 0.29) is 22.0 Å². The van der Waals surface area contributed by atoms with Gasteiger partial charge in [0.2, 0.25) is 0 Å². The molecular weight excluding hydrogens is 514 g/mol. The van der Waals surface area contributed by atoms with Gasteiger partial charge in [-0.1, -0.05) is 35.2 Å². The molecule has 4 rings (SSSR count). The second kappa shape index (κ2) is 11.4. The molecule has 1 aliphatic heterocycles. The van der Waals surface area contributed by atoms with E-state index in [0.717, 1.165) is 0 Å². The largest absolute Gasteiger partial charge is 0.389 e. The van der Waals surface area contributed by atoms with E-state index in [2.05, 4.69) is 32.8 Å². The number of likely N-dealkylation sites (N-methyl/N-ethyl adjacent to an activating group) is 1. The number of amides is 1. The first-order chi connectivity index (χ1) is 17.7. The van der Waals surface area contributed by atoms with Gasteiger partial charge in [-0.3, -0.25) is 10.1 Å². The molecule has 1 saturated carbocycles. The molecule has 1 N–H and O–H groups in total. The van der Waals surface area contributed by atoms with E-state index in [0.29, 0.717) is 59.7 Å². The number of ether oxygens (including phenoxy) is 1. The van der Waals surface area contributed by atoms with Crippen LogP contribution in [0.5, 0.6) is 0 Å². The standard InChI is InChI=1S/C25H29N5O5S2/c1-5-6-21(30(3)4)27-24-16(2)26-25(36-24)28-23(31)22(29-35-18-13-14-34-15-18)17-7-9-19(10-8-17)37(32,33)20-11-12-20/h6-10,18,20H,1,11-15H2,2-4H3,(H,26,28,31)/b27-21+,29-22+/t18-/m1/s1. The number of hydrogen-bond acceptors (Lipinski definition) is 9. The van der Waals surface area contributed by atoms with Gasteiger partial charge in [0.15, 0.2) is 26.8 Å². The van der Waals surface area contributed by atoms with Crippen LogP contribution < -0.4 is 5.32 Å². The molecule has 1 aromatic carbocycles. The summed E-state index contributed by atoms with van der Waals surface area (Å²) in [7, 11) is 0.356. The molecule has 2 aromatic rings. The fraction of sp³-hybridized carbons (Fsp3) is 0.400. The number of benzene rings is 1. The summed E-state index contributed by atoms with van der Waals surface area (Å²) in [6, 6.07) is 6.13. The number of aryl methyl sites for hydroxylation is 1. The Bertz CT molecular complexity index is 1360. The number of aliphatic imine (C=N–C) groups is 1. The molecule has 12 heteroatoms. The molecule has 0 spiro atoms. The first-order valence-corrected chi connectivity index (χ1v) is 14.1. The Hall–Kier alpha value is -3.31. The number of rotatable bonds is 9. The van der Waals surface area contributed by atoms with E-state index >= 15 is 0 Å². The third kappa shape index (κ3) is 6.53. The maximum absolute atomic E-state index is 13.3. The Kier molecular flexibility index (Phi) is 8.23. The molecule has 196 valence electrons. The van der Waals surface area contributed by atoms with Gasteiger partial charge in [0.25, 0.3) is 5.91 Å². The average molecular weight is 544 g/mol. The second-order valence-corrected chi connectivity index (χ2v) is 12.1. The van der Waals surface area contributed by atoms with Gasteiger partial charge in [-0.25, -0.2) is 18.4 Å². The van der Waals surface area contributed by atoms with Gasteiger partial charge in [0.1, 0.15) is 10.8 Å². The highest BCUT2D eigenvalue weighted by Gasteiger charge is 2.36. The van der Waals surface area contributed by atoms with Crippen molar-refractivity contribution in [3.8, 4) is 0 Å². The number of amidine groups is 1. The van der Waals surface area contributed by atoms with Crippen LogP contribution in [0.3, 0.4) is 0 Å². The lowest BCUT2D eigenvalue weighted by Gasteiger charge is -2.10. The topological polar surface area (TPSA) is 123 Å². The molecule has 2 heterocycles. The predicted molar refractivity (Wildman–Crippen MR) is 143 cm³/mol. The molecule has 1 saturated heterocycles. The Labute approximate surface area is 220 Å². The van der Waals surface area contributed by atoms with E-state index in [4.69, 9.17) is 9.57 Å². The number of oxime groups is 1. The molecule has 1 amide bonds. The van der Waals surface area contributed by atoms with Crippen LogP contribution in [0, 0.1) is 6.92 Å². The highest BCUT2D eigenvalue weighted by Crippen LogP contribution is 2.34. The molecule has 2 fully saturated rings. The number of carbonyl (C=O) groups is 1. The Morgan fingerprint density at radius 1 is 1.30 bits per heavy atom. The summed E-state index contributed by atoms with van der Waals surface area (Å²) in [5.41, 5.74) is 3.78. The van der Waals surface area contributed by atoms with Gasteiger partial charge in [-0.2, -0.15) is 0 Å². The molecule has 10 nitrogen and oxygen atoms in total. The molecule has 0 bridgehead atoms. The number of aromatic nitrogens is 1. The molecule has 1 aliphatic carbocycles. The molecule has 2 aliphatic rings. The van der Waals surface area contributed by atoms with E-state index in [1.165, 1.54) is 23.5 Å². The van der Waals surface area contributed by atoms with Crippen molar-refractivity contribution in [3.63, 3.8) is 0 Å². The number of anilines is 1. The smallest absolute Gasteiger partial charge is 0.280 e. The van der Waals surface area contributed by atoms with Gasteiger partial charge in [-0.05, 0) is 31.9 Å². The van der Waals surface area contributed by atoms with Crippen molar-refractivity contribution < 1.29 is 22.8 Å². The van der Waals surface area contributed by atoms with Crippen LogP contribution in [0.2, 0.25) is 0 Å². The van der Waals surface area contributed by atoms with Gasteiger partial charge in [0.05, 0.1) is 29.1 Å². The van der Waals surface area contributed by atoms with Crippen LogP contribution in [-0.4, -0.2) is 74.4 Å². The third-order valence-electron chi connectivity index (χ3n) is 5.71. The molecular formula is C25H29N5O5S2. The fourth-order valence-electron chi connectivity index (χ4n) is 3.48. The minimum Gasteiger partial charge on any atom is -0.389 e. The highest BCUT2D eigenvalue weighted by atomic mass is 32.2. The summed E-state index contributed by atoms with van der Waals surface area (Å²) < 4.78 is 30.4. The van der Waals surface area contributed by atoms with Crippen molar-refractivity contribution in [2.75, 3.05) is 32.6 Å². The number of carbonyl (C=O) groups excluding carboxylic acids is 1. The van der Waals surface area contributed by atoms with Crippen LogP contribution >= 0.6 is 11.3 Å². The van der Waals surface area contributed by atoms with Crippen molar-refractivity contribution in [1.82, 2.24) is 9.88 Å². The van der Waals surface area contributed by atoms with Crippen LogP contribution in [0.25, 0.3) is 0 Å². The number of nitrogens with zero attached hydrogens (tertiary/aromatic N) is 4. The van der Waals surface area contributed by atoms with E-state index in [1.807, 2.05) is 19.0 Å². The lowest BCUT2D eigenvalue weighted by atomic mass is 10.1. The van der Waals surface area contributed by atoms with Crippen LogP contribution in [0.15, 0.2) is 57.7 Å².